The molecule has 0 aliphatic carbocycles. The van der Waals surface area contributed by atoms with E-state index in [4.69, 9.17) is 4.74 Å². The summed E-state index contributed by atoms with van der Waals surface area (Å²) >= 11 is 0. The number of hydrogen-bond donors (Lipinski definition) is 1. The topological polar surface area (TPSA) is 21.3 Å². The van der Waals surface area contributed by atoms with Gasteiger partial charge in [-0.15, -0.1) is 6.58 Å². The van der Waals surface area contributed by atoms with Crippen molar-refractivity contribution in [3.8, 4) is 0 Å². The Morgan fingerprint density at radius 2 is 1.70 bits per heavy atom. The van der Waals surface area contributed by atoms with Crippen molar-refractivity contribution in [3.05, 3.63) is 78.9 Å². The predicted octanol–water partition coefficient (Wildman–Crippen LogP) is 5.29. The molecule has 2 aromatic rings. The van der Waals surface area contributed by atoms with Crippen molar-refractivity contribution in [1.82, 2.24) is 0 Å². The first-order valence-corrected chi connectivity index (χ1v) is 8.39. The van der Waals surface area contributed by atoms with Gasteiger partial charge >= 0.3 is 0 Å². The van der Waals surface area contributed by atoms with Crippen LogP contribution in [0, 0.1) is 5.92 Å². The van der Waals surface area contributed by atoms with Gasteiger partial charge in [0.25, 0.3) is 0 Å². The summed E-state index contributed by atoms with van der Waals surface area (Å²) in [6, 6.07) is 20.9. The highest BCUT2D eigenvalue weighted by Crippen LogP contribution is 2.19. The standard InChI is InChI=1S/C21H27NO/c1-3-19(15-16-23-17-18-11-7-5-8-12-18)21(4-2)22-20-13-9-6-10-14-20/h4-14,19,21-22H,2-3,15-17H2,1H3/t19-,21-/m0/s1. The molecule has 0 radical (unpaired) electrons. The summed E-state index contributed by atoms with van der Waals surface area (Å²) < 4.78 is 5.83. The van der Waals surface area contributed by atoms with E-state index < -0.39 is 0 Å². The van der Waals surface area contributed by atoms with Crippen LogP contribution in [0.2, 0.25) is 0 Å². The Labute approximate surface area is 140 Å². The van der Waals surface area contributed by atoms with Crippen LogP contribution < -0.4 is 5.32 Å². The number of rotatable bonds is 10. The quantitative estimate of drug-likeness (QED) is 0.476. The maximum absolute atomic E-state index is 5.83. The molecule has 0 bridgehead atoms. The molecule has 0 unspecified atom stereocenters. The minimum Gasteiger partial charge on any atom is -0.379 e. The third-order valence-electron chi connectivity index (χ3n) is 4.14. The minimum absolute atomic E-state index is 0.266. The molecule has 2 rings (SSSR count). The van der Waals surface area contributed by atoms with E-state index in [2.05, 4.69) is 43.1 Å². The zero-order chi connectivity index (χ0) is 16.3. The van der Waals surface area contributed by atoms with Crippen LogP contribution >= 0.6 is 0 Å². The van der Waals surface area contributed by atoms with Crippen molar-refractivity contribution in [1.29, 1.82) is 0 Å². The van der Waals surface area contributed by atoms with E-state index in [-0.39, 0.29) is 6.04 Å². The van der Waals surface area contributed by atoms with Gasteiger partial charge in [0.2, 0.25) is 0 Å². The van der Waals surface area contributed by atoms with Gasteiger partial charge < -0.3 is 10.1 Å². The van der Waals surface area contributed by atoms with Crippen LogP contribution in [0.4, 0.5) is 5.69 Å². The van der Waals surface area contributed by atoms with Gasteiger partial charge in [-0.1, -0.05) is 68.0 Å². The van der Waals surface area contributed by atoms with Crippen LogP contribution in [-0.4, -0.2) is 12.6 Å². The van der Waals surface area contributed by atoms with Gasteiger partial charge in [0.1, 0.15) is 0 Å². The largest absolute Gasteiger partial charge is 0.379 e. The number of para-hydroxylation sites is 1. The highest BCUT2D eigenvalue weighted by molar-refractivity contribution is 5.44. The molecule has 0 heterocycles. The number of hydrogen-bond acceptors (Lipinski definition) is 2. The molecule has 23 heavy (non-hydrogen) atoms. The molecule has 0 saturated carbocycles. The molecular formula is C21H27NO. The molecular weight excluding hydrogens is 282 g/mol. The summed E-state index contributed by atoms with van der Waals surface area (Å²) in [6.45, 7) is 7.68. The SMILES string of the molecule is C=C[C@H](Nc1ccccc1)[C@@H](CC)CCOCc1ccccc1. The van der Waals surface area contributed by atoms with E-state index in [0.717, 1.165) is 25.1 Å². The molecule has 2 nitrogen and oxygen atoms in total. The maximum Gasteiger partial charge on any atom is 0.0716 e. The molecule has 2 atom stereocenters. The van der Waals surface area contributed by atoms with Crippen molar-refractivity contribution >= 4 is 5.69 Å². The fourth-order valence-electron chi connectivity index (χ4n) is 2.73. The second-order valence-corrected chi connectivity index (χ2v) is 5.77. The first-order chi connectivity index (χ1) is 11.3. The number of anilines is 1. The Kier molecular flexibility index (Phi) is 7.41. The second kappa shape index (κ2) is 9.86. The Morgan fingerprint density at radius 1 is 1.04 bits per heavy atom. The zero-order valence-corrected chi connectivity index (χ0v) is 13.9. The van der Waals surface area contributed by atoms with Crippen LogP contribution in [0.15, 0.2) is 73.3 Å². The smallest absolute Gasteiger partial charge is 0.0716 e. The fourth-order valence-corrected chi connectivity index (χ4v) is 2.73. The van der Waals surface area contributed by atoms with E-state index in [1.54, 1.807) is 0 Å². The van der Waals surface area contributed by atoms with E-state index in [1.165, 1.54) is 5.56 Å². The number of nitrogens with one attached hydrogen (secondary N) is 1. The van der Waals surface area contributed by atoms with Gasteiger partial charge in [-0.3, -0.25) is 0 Å². The number of benzene rings is 2. The van der Waals surface area contributed by atoms with E-state index >= 15 is 0 Å². The minimum atomic E-state index is 0.266. The van der Waals surface area contributed by atoms with Gasteiger partial charge in [0, 0.05) is 18.3 Å². The van der Waals surface area contributed by atoms with Crippen molar-refractivity contribution in [3.63, 3.8) is 0 Å². The molecule has 2 aromatic carbocycles. The molecule has 122 valence electrons. The summed E-state index contributed by atoms with van der Waals surface area (Å²) in [5.74, 6) is 0.517. The summed E-state index contributed by atoms with van der Waals surface area (Å²) in [7, 11) is 0. The molecule has 0 aromatic heterocycles. The maximum atomic E-state index is 5.83. The summed E-state index contributed by atoms with van der Waals surface area (Å²) in [5, 5.41) is 3.56. The van der Waals surface area contributed by atoms with E-state index in [1.807, 2.05) is 42.5 Å². The molecule has 0 saturated heterocycles. The Balaban J connectivity index is 1.79. The van der Waals surface area contributed by atoms with Gasteiger partial charge in [-0.25, -0.2) is 0 Å². The van der Waals surface area contributed by atoms with Crippen molar-refractivity contribution < 1.29 is 4.74 Å². The van der Waals surface area contributed by atoms with Crippen LogP contribution in [0.3, 0.4) is 0 Å². The lowest BCUT2D eigenvalue weighted by molar-refractivity contribution is 0.106. The van der Waals surface area contributed by atoms with E-state index in [0.29, 0.717) is 12.5 Å². The Bertz CT molecular complexity index is 553. The number of ether oxygens (including phenoxy) is 1. The average molecular weight is 309 g/mol. The second-order valence-electron chi connectivity index (χ2n) is 5.77. The summed E-state index contributed by atoms with van der Waals surface area (Å²) in [4.78, 5) is 0. The molecule has 0 aliphatic rings. The molecule has 1 N–H and O–H groups in total. The lowest BCUT2D eigenvalue weighted by Gasteiger charge is -2.25. The molecule has 0 spiro atoms. The van der Waals surface area contributed by atoms with E-state index in [9.17, 15) is 0 Å². The van der Waals surface area contributed by atoms with Gasteiger partial charge in [0.05, 0.1) is 6.61 Å². The highest BCUT2D eigenvalue weighted by Gasteiger charge is 2.16. The van der Waals surface area contributed by atoms with Crippen molar-refractivity contribution in [2.24, 2.45) is 5.92 Å². The Hall–Kier alpha value is -2.06. The van der Waals surface area contributed by atoms with Crippen LogP contribution in [0.25, 0.3) is 0 Å². The summed E-state index contributed by atoms with van der Waals surface area (Å²) in [6.07, 6.45) is 4.14. The van der Waals surface area contributed by atoms with Crippen molar-refractivity contribution in [2.75, 3.05) is 11.9 Å². The van der Waals surface area contributed by atoms with Gasteiger partial charge in [-0.2, -0.15) is 0 Å². The molecule has 0 aliphatic heterocycles. The molecule has 0 fully saturated rings. The summed E-state index contributed by atoms with van der Waals surface area (Å²) in [5.41, 5.74) is 2.37. The monoisotopic (exact) mass is 309 g/mol. The van der Waals surface area contributed by atoms with Crippen LogP contribution in [0.1, 0.15) is 25.3 Å². The normalized spacial score (nSPS) is 13.3. The fraction of sp³-hybridized carbons (Fsp3) is 0.333. The third-order valence-corrected chi connectivity index (χ3v) is 4.14. The average Bonchev–Trinajstić information content (AvgIpc) is 2.62. The van der Waals surface area contributed by atoms with Crippen molar-refractivity contribution in [2.45, 2.75) is 32.4 Å². The molecule has 0 amide bonds. The third kappa shape index (κ3) is 5.91. The van der Waals surface area contributed by atoms with Crippen LogP contribution in [-0.2, 0) is 11.3 Å². The lowest BCUT2D eigenvalue weighted by Crippen LogP contribution is -2.27. The first kappa shape index (κ1) is 17.3. The highest BCUT2D eigenvalue weighted by atomic mass is 16.5. The van der Waals surface area contributed by atoms with Gasteiger partial charge in [-0.05, 0) is 30.0 Å². The Morgan fingerprint density at radius 3 is 2.30 bits per heavy atom. The predicted molar refractivity (Wildman–Crippen MR) is 98.5 cm³/mol. The lowest BCUT2D eigenvalue weighted by atomic mass is 9.93. The zero-order valence-electron chi connectivity index (χ0n) is 13.9. The molecule has 2 heteroatoms. The first-order valence-electron chi connectivity index (χ1n) is 8.39. The van der Waals surface area contributed by atoms with Crippen LogP contribution in [0.5, 0.6) is 0 Å². The van der Waals surface area contributed by atoms with Gasteiger partial charge in [0.15, 0.2) is 0 Å².